The molecule has 0 saturated carbocycles. The number of sulfonamides is 1. The third-order valence-electron chi connectivity index (χ3n) is 2.91. The maximum absolute atomic E-state index is 11.6. The number of hydrogen-bond acceptors (Lipinski definition) is 2. The van der Waals surface area contributed by atoms with E-state index in [0.29, 0.717) is 11.3 Å². The maximum Gasteiger partial charge on any atom is 0.213 e. The fourth-order valence-corrected chi connectivity index (χ4v) is 3.45. The molecule has 1 atom stereocenters. The molecule has 15 heavy (non-hydrogen) atoms. The Labute approximate surface area is 93.9 Å². The van der Waals surface area contributed by atoms with E-state index in [1.165, 1.54) is 0 Å². The van der Waals surface area contributed by atoms with Crippen LogP contribution in [0.4, 0.5) is 0 Å². The first kappa shape index (κ1) is 13.0. The highest BCUT2D eigenvalue weighted by molar-refractivity contribution is 7.89. The maximum atomic E-state index is 11.6. The highest BCUT2D eigenvalue weighted by atomic mass is 32.2. The first-order valence-electron chi connectivity index (χ1n) is 5.72. The first-order chi connectivity index (χ1) is 6.74. The zero-order valence-electron chi connectivity index (χ0n) is 10.3. The van der Waals surface area contributed by atoms with E-state index in [1.54, 1.807) is 11.2 Å². The van der Waals surface area contributed by atoms with Gasteiger partial charge in [-0.15, -0.1) is 0 Å². The molecule has 4 heteroatoms. The molecular weight excluding hydrogens is 210 g/mol. The molecule has 90 valence electrons. The Bertz CT molecular complexity index is 303. The summed E-state index contributed by atoms with van der Waals surface area (Å²) in [6, 6.07) is 0. The summed E-state index contributed by atoms with van der Waals surface area (Å²) in [6.07, 6.45) is 2.14. The van der Waals surface area contributed by atoms with Crippen LogP contribution in [-0.2, 0) is 10.0 Å². The average molecular weight is 233 g/mol. The van der Waals surface area contributed by atoms with Gasteiger partial charge in [-0.2, -0.15) is 0 Å². The Balaban J connectivity index is 2.54. The molecule has 0 bridgehead atoms. The number of rotatable bonds is 3. The van der Waals surface area contributed by atoms with Crippen LogP contribution in [0.25, 0.3) is 0 Å². The van der Waals surface area contributed by atoms with Crippen molar-refractivity contribution in [2.24, 2.45) is 11.3 Å². The van der Waals surface area contributed by atoms with Crippen molar-refractivity contribution in [3.05, 3.63) is 0 Å². The normalized spacial score (nSPS) is 24.7. The molecule has 3 nitrogen and oxygen atoms in total. The molecule has 1 heterocycles. The minimum Gasteiger partial charge on any atom is -0.212 e. The summed E-state index contributed by atoms with van der Waals surface area (Å²) in [5, 5.41) is 0. The predicted molar refractivity (Wildman–Crippen MR) is 63.2 cm³/mol. The van der Waals surface area contributed by atoms with Gasteiger partial charge in [0, 0.05) is 13.1 Å². The zero-order valence-corrected chi connectivity index (χ0v) is 11.1. The largest absolute Gasteiger partial charge is 0.213 e. The van der Waals surface area contributed by atoms with E-state index in [9.17, 15) is 8.42 Å². The lowest BCUT2D eigenvalue weighted by Gasteiger charge is -2.23. The Morgan fingerprint density at radius 1 is 1.33 bits per heavy atom. The predicted octanol–water partition coefficient (Wildman–Crippen LogP) is 2.09. The van der Waals surface area contributed by atoms with Crippen LogP contribution in [0.15, 0.2) is 0 Å². The van der Waals surface area contributed by atoms with Gasteiger partial charge >= 0.3 is 0 Å². The standard InChI is InChI=1S/C11H23NO2S/c1-5-15(13,14)12-7-6-10(9-12)8-11(2,3)4/h10H,5-9H2,1-4H3. The van der Waals surface area contributed by atoms with Crippen molar-refractivity contribution in [3.63, 3.8) is 0 Å². The molecule has 0 spiro atoms. The lowest BCUT2D eigenvalue weighted by atomic mass is 9.84. The van der Waals surface area contributed by atoms with Crippen molar-refractivity contribution in [2.45, 2.75) is 40.5 Å². The van der Waals surface area contributed by atoms with E-state index in [0.717, 1.165) is 25.9 Å². The van der Waals surface area contributed by atoms with Crippen molar-refractivity contribution in [3.8, 4) is 0 Å². The summed E-state index contributed by atoms with van der Waals surface area (Å²) < 4.78 is 24.9. The molecule has 0 radical (unpaired) electrons. The topological polar surface area (TPSA) is 37.4 Å². The van der Waals surface area contributed by atoms with Gasteiger partial charge in [-0.25, -0.2) is 12.7 Å². The first-order valence-corrected chi connectivity index (χ1v) is 7.33. The molecule has 0 aliphatic carbocycles. The summed E-state index contributed by atoms with van der Waals surface area (Å²) >= 11 is 0. The Morgan fingerprint density at radius 3 is 2.40 bits per heavy atom. The fourth-order valence-electron chi connectivity index (χ4n) is 2.26. The lowest BCUT2D eigenvalue weighted by Crippen LogP contribution is -2.30. The van der Waals surface area contributed by atoms with E-state index >= 15 is 0 Å². The van der Waals surface area contributed by atoms with Crippen LogP contribution in [0.5, 0.6) is 0 Å². The number of nitrogens with zero attached hydrogens (tertiary/aromatic N) is 1. The highest BCUT2D eigenvalue weighted by Crippen LogP contribution is 2.31. The number of hydrogen-bond donors (Lipinski definition) is 0. The zero-order chi connectivity index (χ0) is 11.7. The molecule has 0 N–H and O–H groups in total. The quantitative estimate of drug-likeness (QED) is 0.748. The van der Waals surface area contributed by atoms with Gasteiger partial charge in [-0.05, 0) is 31.1 Å². The smallest absolute Gasteiger partial charge is 0.212 e. The lowest BCUT2D eigenvalue weighted by molar-refractivity contribution is 0.299. The molecule has 0 amide bonds. The molecule has 1 unspecified atom stereocenters. The van der Waals surface area contributed by atoms with Crippen LogP contribution in [-0.4, -0.2) is 31.6 Å². The average Bonchev–Trinajstić information content (AvgIpc) is 2.50. The molecular formula is C11H23NO2S. The summed E-state index contributed by atoms with van der Waals surface area (Å²) in [5.41, 5.74) is 0.302. The van der Waals surface area contributed by atoms with Gasteiger partial charge in [0.25, 0.3) is 0 Å². The van der Waals surface area contributed by atoms with E-state index in [1.807, 2.05) is 0 Å². The van der Waals surface area contributed by atoms with Crippen LogP contribution >= 0.6 is 0 Å². The third-order valence-corrected chi connectivity index (χ3v) is 4.76. The van der Waals surface area contributed by atoms with Crippen molar-refractivity contribution in [1.29, 1.82) is 0 Å². The molecule has 0 aromatic carbocycles. The van der Waals surface area contributed by atoms with Crippen molar-refractivity contribution < 1.29 is 8.42 Å². The van der Waals surface area contributed by atoms with Gasteiger partial charge in [0.15, 0.2) is 0 Å². The van der Waals surface area contributed by atoms with E-state index in [2.05, 4.69) is 20.8 Å². The second-order valence-electron chi connectivity index (χ2n) is 5.68. The molecule has 1 fully saturated rings. The molecule has 1 rings (SSSR count). The summed E-state index contributed by atoms with van der Waals surface area (Å²) in [7, 11) is -2.95. The minimum absolute atomic E-state index is 0.231. The SMILES string of the molecule is CCS(=O)(=O)N1CCC(CC(C)(C)C)C1. The van der Waals surface area contributed by atoms with Gasteiger partial charge in [-0.1, -0.05) is 20.8 Å². The third kappa shape index (κ3) is 3.76. The van der Waals surface area contributed by atoms with Gasteiger partial charge in [0.1, 0.15) is 0 Å². The van der Waals surface area contributed by atoms with Gasteiger partial charge < -0.3 is 0 Å². The second-order valence-corrected chi connectivity index (χ2v) is 7.94. The van der Waals surface area contributed by atoms with Crippen molar-refractivity contribution in [2.75, 3.05) is 18.8 Å². The van der Waals surface area contributed by atoms with Crippen LogP contribution in [0.3, 0.4) is 0 Å². The highest BCUT2D eigenvalue weighted by Gasteiger charge is 2.32. The van der Waals surface area contributed by atoms with Gasteiger partial charge in [-0.3, -0.25) is 0 Å². The van der Waals surface area contributed by atoms with Crippen LogP contribution in [0, 0.1) is 11.3 Å². The molecule has 1 aliphatic heterocycles. The second kappa shape index (κ2) is 4.42. The van der Waals surface area contributed by atoms with Crippen molar-refractivity contribution in [1.82, 2.24) is 4.31 Å². The fraction of sp³-hybridized carbons (Fsp3) is 1.00. The molecule has 1 aliphatic rings. The monoisotopic (exact) mass is 233 g/mol. The molecule has 0 aromatic heterocycles. The summed E-state index contributed by atoms with van der Waals surface area (Å²) in [5.74, 6) is 0.779. The van der Waals surface area contributed by atoms with E-state index < -0.39 is 10.0 Å². The van der Waals surface area contributed by atoms with E-state index in [4.69, 9.17) is 0 Å². The Morgan fingerprint density at radius 2 is 1.93 bits per heavy atom. The van der Waals surface area contributed by atoms with Gasteiger partial charge in [0.2, 0.25) is 10.0 Å². The van der Waals surface area contributed by atoms with Crippen LogP contribution in [0.1, 0.15) is 40.5 Å². The van der Waals surface area contributed by atoms with Crippen molar-refractivity contribution >= 4 is 10.0 Å². The Hall–Kier alpha value is -0.0900. The van der Waals surface area contributed by atoms with Crippen LogP contribution < -0.4 is 0 Å². The minimum atomic E-state index is -2.95. The van der Waals surface area contributed by atoms with Gasteiger partial charge in [0.05, 0.1) is 5.75 Å². The molecule has 1 saturated heterocycles. The Kier molecular flexibility index (Phi) is 3.82. The van der Waals surface area contributed by atoms with Crippen LogP contribution in [0.2, 0.25) is 0 Å². The van der Waals surface area contributed by atoms with E-state index in [-0.39, 0.29) is 5.75 Å². The summed E-state index contributed by atoms with van der Waals surface area (Å²) in [6.45, 7) is 9.80. The summed E-state index contributed by atoms with van der Waals surface area (Å²) in [4.78, 5) is 0. The molecule has 0 aromatic rings.